The van der Waals surface area contributed by atoms with E-state index in [1.165, 1.54) is 5.56 Å². The van der Waals surface area contributed by atoms with Crippen LogP contribution in [0.1, 0.15) is 41.7 Å². The van der Waals surface area contributed by atoms with Crippen molar-refractivity contribution in [3.63, 3.8) is 0 Å². The lowest BCUT2D eigenvalue weighted by Gasteiger charge is -2.30. The number of amides is 1. The first kappa shape index (κ1) is 19.8. The van der Waals surface area contributed by atoms with E-state index in [0.717, 1.165) is 18.7 Å². The number of aromatic nitrogens is 1. The maximum Gasteiger partial charge on any atom is 0.273 e. The molecule has 0 aliphatic carbocycles. The monoisotopic (exact) mass is 377 g/mol. The van der Waals surface area contributed by atoms with Crippen molar-refractivity contribution in [3.05, 3.63) is 77.7 Å². The SMILES string of the molecule is CCN(CC)[C@H](CNC(=O)c1nc(-c2ccccc2)oc1C)c1ccccc1. The van der Waals surface area contributed by atoms with Crippen LogP contribution in [0.4, 0.5) is 0 Å². The van der Waals surface area contributed by atoms with Gasteiger partial charge in [-0.2, -0.15) is 0 Å². The second kappa shape index (κ2) is 9.33. The van der Waals surface area contributed by atoms with Gasteiger partial charge in [0.1, 0.15) is 5.76 Å². The van der Waals surface area contributed by atoms with Crippen molar-refractivity contribution in [2.45, 2.75) is 26.8 Å². The van der Waals surface area contributed by atoms with E-state index in [4.69, 9.17) is 4.42 Å². The highest BCUT2D eigenvalue weighted by Gasteiger charge is 2.22. The van der Waals surface area contributed by atoms with Crippen LogP contribution in [0, 0.1) is 6.92 Å². The molecule has 0 aliphatic heterocycles. The molecule has 1 heterocycles. The third-order valence-electron chi connectivity index (χ3n) is 4.93. The lowest BCUT2D eigenvalue weighted by molar-refractivity contribution is 0.0929. The van der Waals surface area contributed by atoms with Crippen LogP contribution in [0.3, 0.4) is 0 Å². The number of carbonyl (C=O) groups is 1. The molecule has 146 valence electrons. The van der Waals surface area contributed by atoms with Crippen molar-refractivity contribution >= 4 is 5.91 Å². The number of nitrogens with zero attached hydrogens (tertiary/aromatic N) is 2. The number of hydrogen-bond donors (Lipinski definition) is 1. The molecule has 1 atom stereocenters. The summed E-state index contributed by atoms with van der Waals surface area (Å²) in [6.07, 6.45) is 0. The summed E-state index contributed by atoms with van der Waals surface area (Å²) in [4.78, 5) is 19.6. The summed E-state index contributed by atoms with van der Waals surface area (Å²) in [6.45, 7) is 8.37. The summed E-state index contributed by atoms with van der Waals surface area (Å²) in [6, 6.07) is 20.0. The summed E-state index contributed by atoms with van der Waals surface area (Å²) < 4.78 is 5.72. The molecule has 0 saturated heterocycles. The van der Waals surface area contributed by atoms with Crippen LogP contribution >= 0.6 is 0 Å². The Bertz CT molecular complexity index is 887. The Morgan fingerprint density at radius 1 is 1.04 bits per heavy atom. The molecule has 0 aliphatic rings. The highest BCUT2D eigenvalue weighted by atomic mass is 16.4. The average Bonchev–Trinajstić information content (AvgIpc) is 3.14. The van der Waals surface area contributed by atoms with E-state index in [1.807, 2.05) is 48.5 Å². The molecule has 1 aromatic heterocycles. The van der Waals surface area contributed by atoms with Crippen LogP contribution < -0.4 is 5.32 Å². The van der Waals surface area contributed by atoms with Gasteiger partial charge in [-0.1, -0.05) is 62.4 Å². The Labute approximate surface area is 166 Å². The summed E-state index contributed by atoms with van der Waals surface area (Å²) in [5.41, 5.74) is 2.38. The third-order valence-corrected chi connectivity index (χ3v) is 4.93. The average molecular weight is 377 g/mol. The second-order valence-electron chi connectivity index (χ2n) is 6.65. The molecule has 0 saturated carbocycles. The van der Waals surface area contributed by atoms with Crippen LogP contribution in [0.25, 0.3) is 11.5 Å². The lowest BCUT2D eigenvalue weighted by Crippen LogP contribution is -2.38. The number of likely N-dealkylation sites (N-methyl/N-ethyl adjacent to an activating group) is 1. The number of hydrogen-bond acceptors (Lipinski definition) is 4. The van der Waals surface area contributed by atoms with Gasteiger partial charge < -0.3 is 9.73 Å². The number of carbonyl (C=O) groups excluding carboxylic acids is 1. The van der Waals surface area contributed by atoms with Crippen LogP contribution in [0.15, 0.2) is 65.1 Å². The zero-order valence-electron chi connectivity index (χ0n) is 16.7. The van der Waals surface area contributed by atoms with Crippen molar-refractivity contribution in [2.75, 3.05) is 19.6 Å². The molecule has 5 heteroatoms. The van der Waals surface area contributed by atoms with Gasteiger partial charge in [0, 0.05) is 12.1 Å². The first-order chi connectivity index (χ1) is 13.6. The number of nitrogens with one attached hydrogen (secondary N) is 1. The Morgan fingerprint density at radius 2 is 1.64 bits per heavy atom. The Balaban J connectivity index is 1.75. The molecule has 0 bridgehead atoms. The third kappa shape index (κ3) is 4.49. The molecule has 0 fully saturated rings. The summed E-state index contributed by atoms with van der Waals surface area (Å²) in [5.74, 6) is 0.776. The van der Waals surface area contributed by atoms with Gasteiger partial charge in [0.2, 0.25) is 5.89 Å². The maximum atomic E-state index is 12.8. The molecule has 5 nitrogen and oxygen atoms in total. The Kier molecular flexibility index (Phi) is 6.61. The first-order valence-electron chi connectivity index (χ1n) is 9.74. The van der Waals surface area contributed by atoms with Crippen molar-refractivity contribution in [2.24, 2.45) is 0 Å². The molecule has 2 aromatic carbocycles. The van der Waals surface area contributed by atoms with E-state index >= 15 is 0 Å². The molecule has 3 rings (SSSR count). The number of rotatable bonds is 8. The van der Waals surface area contributed by atoms with Gasteiger partial charge in [-0.25, -0.2) is 4.98 Å². The lowest BCUT2D eigenvalue weighted by atomic mass is 10.0. The molecule has 0 unspecified atom stereocenters. The van der Waals surface area contributed by atoms with Gasteiger partial charge in [-0.15, -0.1) is 0 Å². The van der Waals surface area contributed by atoms with E-state index in [0.29, 0.717) is 23.9 Å². The molecular formula is C23H27N3O2. The fourth-order valence-electron chi connectivity index (χ4n) is 3.38. The van der Waals surface area contributed by atoms with Crippen LogP contribution in [-0.2, 0) is 0 Å². The normalized spacial score (nSPS) is 12.1. The number of benzene rings is 2. The molecule has 28 heavy (non-hydrogen) atoms. The minimum absolute atomic E-state index is 0.112. The van der Waals surface area contributed by atoms with Crippen molar-refractivity contribution in [1.82, 2.24) is 15.2 Å². The predicted molar refractivity (Wildman–Crippen MR) is 111 cm³/mol. The van der Waals surface area contributed by atoms with E-state index in [-0.39, 0.29) is 11.9 Å². The Hall–Kier alpha value is -2.92. The van der Waals surface area contributed by atoms with Gasteiger partial charge >= 0.3 is 0 Å². The zero-order valence-corrected chi connectivity index (χ0v) is 16.7. The molecule has 3 aromatic rings. The van der Waals surface area contributed by atoms with Crippen molar-refractivity contribution in [3.8, 4) is 11.5 Å². The van der Waals surface area contributed by atoms with Crippen LogP contribution in [0.5, 0.6) is 0 Å². The highest BCUT2D eigenvalue weighted by Crippen LogP contribution is 2.22. The van der Waals surface area contributed by atoms with E-state index in [1.54, 1.807) is 6.92 Å². The highest BCUT2D eigenvalue weighted by molar-refractivity contribution is 5.93. The van der Waals surface area contributed by atoms with Gasteiger partial charge in [0.15, 0.2) is 5.69 Å². The maximum absolute atomic E-state index is 12.8. The van der Waals surface area contributed by atoms with Gasteiger partial charge in [0.25, 0.3) is 5.91 Å². The zero-order chi connectivity index (χ0) is 19.9. The standard InChI is InChI=1S/C23H27N3O2/c1-4-26(5-2)20(18-12-8-6-9-13-18)16-24-22(27)21-17(3)28-23(25-21)19-14-10-7-11-15-19/h6-15,20H,4-5,16H2,1-3H3,(H,24,27)/t20-/m1/s1. The van der Waals surface area contributed by atoms with Gasteiger partial charge in [-0.3, -0.25) is 9.69 Å². The van der Waals surface area contributed by atoms with E-state index < -0.39 is 0 Å². The fourth-order valence-corrected chi connectivity index (χ4v) is 3.38. The van der Waals surface area contributed by atoms with Crippen LogP contribution in [-0.4, -0.2) is 35.4 Å². The minimum Gasteiger partial charge on any atom is -0.441 e. The largest absolute Gasteiger partial charge is 0.441 e. The molecule has 1 N–H and O–H groups in total. The van der Waals surface area contributed by atoms with E-state index in [2.05, 4.69) is 41.2 Å². The van der Waals surface area contributed by atoms with Gasteiger partial charge in [0.05, 0.1) is 6.04 Å². The van der Waals surface area contributed by atoms with Crippen molar-refractivity contribution < 1.29 is 9.21 Å². The minimum atomic E-state index is -0.212. The number of oxazole rings is 1. The molecule has 1 amide bonds. The van der Waals surface area contributed by atoms with Crippen molar-refractivity contribution in [1.29, 1.82) is 0 Å². The Morgan fingerprint density at radius 3 is 2.25 bits per heavy atom. The summed E-state index contributed by atoms with van der Waals surface area (Å²) in [5, 5.41) is 3.05. The number of aryl methyl sites for hydroxylation is 1. The summed E-state index contributed by atoms with van der Waals surface area (Å²) >= 11 is 0. The van der Waals surface area contributed by atoms with Crippen LogP contribution in [0.2, 0.25) is 0 Å². The molecule has 0 radical (unpaired) electrons. The second-order valence-corrected chi connectivity index (χ2v) is 6.65. The predicted octanol–water partition coefficient (Wildman–Crippen LogP) is 4.46. The molecule has 0 spiro atoms. The smallest absolute Gasteiger partial charge is 0.273 e. The van der Waals surface area contributed by atoms with Gasteiger partial charge in [-0.05, 0) is 37.7 Å². The van der Waals surface area contributed by atoms with E-state index in [9.17, 15) is 4.79 Å². The quantitative estimate of drug-likeness (QED) is 0.629. The topological polar surface area (TPSA) is 58.4 Å². The first-order valence-corrected chi connectivity index (χ1v) is 9.74. The fraction of sp³-hybridized carbons (Fsp3) is 0.304. The molecular weight excluding hydrogens is 350 g/mol. The summed E-state index contributed by atoms with van der Waals surface area (Å²) in [7, 11) is 0.